The van der Waals surface area contributed by atoms with E-state index in [1.165, 1.54) is 11.3 Å². The van der Waals surface area contributed by atoms with Gasteiger partial charge in [0.15, 0.2) is 0 Å². The molecule has 0 atom stereocenters. The Hall–Kier alpha value is -1.76. The summed E-state index contributed by atoms with van der Waals surface area (Å²) in [5.74, 6) is 0.455. The van der Waals surface area contributed by atoms with Crippen molar-refractivity contribution >= 4 is 22.4 Å². The fraction of sp³-hybridized carbons (Fsp3) is 0.647. The quantitative estimate of drug-likeness (QED) is 0.791. The zero-order valence-electron chi connectivity index (χ0n) is 15.2. The highest BCUT2D eigenvalue weighted by molar-refractivity contribution is 7.15. The lowest BCUT2D eigenvalue weighted by Gasteiger charge is -2.08. The lowest BCUT2D eigenvalue weighted by Crippen LogP contribution is -2.15. The molecular formula is C17H27N5OS. The van der Waals surface area contributed by atoms with Gasteiger partial charge in [0, 0.05) is 24.2 Å². The Balaban J connectivity index is 1.99. The van der Waals surface area contributed by atoms with Crippen molar-refractivity contribution in [3.8, 4) is 0 Å². The van der Waals surface area contributed by atoms with Gasteiger partial charge in [-0.2, -0.15) is 5.10 Å². The molecule has 0 spiro atoms. The average Bonchev–Trinajstić information content (AvgIpc) is 3.05. The molecule has 132 valence electrons. The zero-order chi connectivity index (χ0) is 17.7. The van der Waals surface area contributed by atoms with E-state index in [1.54, 1.807) is 0 Å². The number of nitrogens with zero attached hydrogens (tertiary/aromatic N) is 4. The first kappa shape index (κ1) is 18.6. The number of hydrogen-bond donors (Lipinski definition) is 1. The van der Waals surface area contributed by atoms with Gasteiger partial charge in [-0.1, -0.05) is 38.5 Å². The van der Waals surface area contributed by atoms with Gasteiger partial charge in [-0.25, -0.2) is 0 Å². The van der Waals surface area contributed by atoms with Gasteiger partial charge < -0.3 is 5.32 Å². The number of hydrogen-bond acceptors (Lipinski definition) is 5. The van der Waals surface area contributed by atoms with Crippen molar-refractivity contribution < 1.29 is 4.79 Å². The lowest BCUT2D eigenvalue weighted by atomic mass is 10.1. The van der Waals surface area contributed by atoms with Crippen molar-refractivity contribution in [1.82, 2.24) is 20.0 Å². The van der Waals surface area contributed by atoms with Crippen LogP contribution in [0.1, 0.15) is 55.6 Å². The summed E-state index contributed by atoms with van der Waals surface area (Å²) in [6.07, 6.45) is 3.46. The van der Waals surface area contributed by atoms with Crippen LogP contribution < -0.4 is 5.32 Å². The van der Waals surface area contributed by atoms with Gasteiger partial charge in [-0.3, -0.25) is 9.48 Å². The number of carbonyl (C=O) groups is 1. The second kappa shape index (κ2) is 8.37. The van der Waals surface area contributed by atoms with Crippen molar-refractivity contribution in [2.45, 2.75) is 66.8 Å². The second-order valence-electron chi connectivity index (χ2n) is 6.55. The molecule has 0 aromatic carbocycles. The van der Waals surface area contributed by atoms with E-state index in [9.17, 15) is 4.79 Å². The molecule has 2 heterocycles. The summed E-state index contributed by atoms with van der Waals surface area (Å²) < 4.78 is 2.00. The minimum atomic E-state index is -0.0662. The fourth-order valence-electron chi connectivity index (χ4n) is 2.57. The number of aromatic nitrogens is 4. The van der Waals surface area contributed by atoms with Crippen LogP contribution in [0.5, 0.6) is 0 Å². The van der Waals surface area contributed by atoms with Crippen LogP contribution in [0.3, 0.4) is 0 Å². The van der Waals surface area contributed by atoms with Crippen LogP contribution in [-0.4, -0.2) is 25.9 Å². The number of amides is 1. The molecule has 0 radical (unpaired) electrons. The van der Waals surface area contributed by atoms with Gasteiger partial charge in [-0.05, 0) is 26.2 Å². The molecule has 0 unspecified atom stereocenters. The van der Waals surface area contributed by atoms with Crippen molar-refractivity contribution in [3.63, 3.8) is 0 Å². The molecule has 0 aliphatic heterocycles. The number of nitrogens with one attached hydrogen (secondary N) is 1. The van der Waals surface area contributed by atoms with Crippen molar-refractivity contribution in [3.05, 3.63) is 22.0 Å². The number of carbonyl (C=O) groups excluding carboxylic acids is 1. The molecule has 0 saturated heterocycles. The Morgan fingerprint density at radius 2 is 2.04 bits per heavy atom. The third-order valence-electron chi connectivity index (χ3n) is 3.86. The normalized spacial score (nSPS) is 11.2. The molecule has 1 amide bonds. The van der Waals surface area contributed by atoms with Gasteiger partial charge in [0.1, 0.15) is 5.01 Å². The fourth-order valence-corrected chi connectivity index (χ4v) is 3.37. The SMILES string of the molecule is CCCCc1nnc(NC(=O)Cc2c(C)nn(CC(C)C)c2C)s1. The third-order valence-corrected chi connectivity index (χ3v) is 4.76. The molecule has 0 aliphatic rings. The Bertz CT molecular complexity index is 689. The number of unbranched alkanes of at least 4 members (excludes halogenated alkanes) is 1. The maximum Gasteiger partial charge on any atom is 0.230 e. The van der Waals surface area contributed by atoms with E-state index in [1.807, 2.05) is 18.5 Å². The van der Waals surface area contributed by atoms with Gasteiger partial charge in [0.05, 0.1) is 12.1 Å². The molecule has 0 aliphatic carbocycles. The summed E-state index contributed by atoms with van der Waals surface area (Å²) in [5, 5.41) is 17.2. The van der Waals surface area contributed by atoms with Crippen LogP contribution in [0.2, 0.25) is 0 Å². The predicted octanol–water partition coefficient (Wildman–Crippen LogP) is 3.53. The Labute approximate surface area is 147 Å². The van der Waals surface area contributed by atoms with Crippen molar-refractivity contribution in [2.75, 3.05) is 5.32 Å². The standard InChI is InChI=1S/C17H27N5OS/c1-6-7-8-16-19-20-17(24-16)18-15(23)9-14-12(4)21-22(13(14)5)10-11(2)3/h11H,6-10H2,1-5H3,(H,18,20,23). The summed E-state index contributed by atoms with van der Waals surface area (Å²) in [6.45, 7) is 11.3. The van der Waals surface area contributed by atoms with E-state index >= 15 is 0 Å². The minimum Gasteiger partial charge on any atom is -0.300 e. The first-order valence-corrected chi connectivity index (χ1v) is 9.37. The van der Waals surface area contributed by atoms with Gasteiger partial charge in [0.25, 0.3) is 0 Å². The van der Waals surface area contributed by atoms with Crippen molar-refractivity contribution in [2.24, 2.45) is 5.92 Å². The molecule has 1 N–H and O–H groups in total. The summed E-state index contributed by atoms with van der Waals surface area (Å²) >= 11 is 1.46. The molecule has 0 bridgehead atoms. The Morgan fingerprint density at radius 3 is 2.71 bits per heavy atom. The zero-order valence-corrected chi connectivity index (χ0v) is 16.0. The number of aryl methyl sites for hydroxylation is 2. The summed E-state index contributed by atoms with van der Waals surface area (Å²) in [4.78, 5) is 12.3. The highest BCUT2D eigenvalue weighted by Crippen LogP contribution is 2.19. The van der Waals surface area contributed by atoms with E-state index in [-0.39, 0.29) is 5.91 Å². The maximum atomic E-state index is 12.3. The largest absolute Gasteiger partial charge is 0.300 e. The topological polar surface area (TPSA) is 72.7 Å². The highest BCUT2D eigenvalue weighted by atomic mass is 32.1. The Kier molecular flexibility index (Phi) is 6.48. The molecule has 7 heteroatoms. The third kappa shape index (κ3) is 4.87. The molecule has 0 fully saturated rings. The van der Waals surface area contributed by atoms with E-state index in [0.717, 1.165) is 47.8 Å². The minimum absolute atomic E-state index is 0.0662. The highest BCUT2D eigenvalue weighted by Gasteiger charge is 2.16. The first-order valence-electron chi connectivity index (χ1n) is 8.55. The Morgan fingerprint density at radius 1 is 1.29 bits per heavy atom. The van der Waals surface area contributed by atoms with Crippen LogP contribution in [0.4, 0.5) is 5.13 Å². The first-order chi connectivity index (χ1) is 11.4. The van der Waals surface area contributed by atoms with Crippen LogP contribution in [0, 0.1) is 19.8 Å². The van der Waals surface area contributed by atoms with E-state index < -0.39 is 0 Å². The average molecular weight is 350 g/mol. The van der Waals surface area contributed by atoms with Crippen LogP contribution in [0.25, 0.3) is 0 Å². The van der Waals surface area contributed by atoms with E-state index in [2.05, 4.69) is 41.4 Å². The predicted molar refractivity (Wildman–Crippen MR) is 97.4 cm³/mol. The van der Waals surface area contributed by atoms with Crippen molar-refractivity contribution in [1.29, 1.82) is 0 Å². The summed E-state index contributed by atoms with van der Waals surface area (Å²) in [5.41, 5.74) is 2.99. The molecule has 0 saturated carbocycles. The second-order valence-corrected chi connectivity index (χ2v) is 7.62. The van der Waals surface area contributed by atoms with E-state index in [4.69, 9.17) is 0 Å². The van der Waals surface area contributed by atoms with Gasteiger partial charge >= 0.3 is 0 Å². The molecule has 6 nitrogen and oxygen atoms in total. The number of rotatable bonds is 8. The smallest absolute Gasteiger partial charge is 0.230 e. The van der Waals surface area contributed by atoms with Gasteiger partial charge in [-0.15, -0.1) is 10.2 Å². The van der Waals surface area contributed by atoms with Gasteiger partial charge in [0.2, 0.25) is 11.0 Å². The summed E-state index contributed by atoms with van der Waals surface area (Å²) in [6, 6.07) is 0. The van der Waals surface area contributed by atoms with E-state index in [0.29, 0.717) is 17.5 Å². The maximum absolute atomic E-state index is 12.3. The number of anilines is 1. The molecule has 2 aromatic heterocycles. The van der Waals surface area contributed by atoms with Crippen LogP contribution in [-0.2, 0) is 24.2 Å². The van der Waals surface area contributed by atoms with Crippen LogP contribution >= 0.6 is 11.3 Å². The monoisotopic (exact) mass is 349 g/mol. The molecular weight excluding hydrogens is 322 g/mol. The van der Waals surface area contributed by atoms with Crippen LogP contribution in [0.15, 0.2) is 0 Å². The molecule has 2 rings (SSSR count). The summed E-state index contributed by atoms with van der Waals surface area (Å²) in [7, 11) is 0. The molecule has 2 aromatic rings. The molecule has 24 heavy (non-hydrogen) atoms. The lowest BCUT2D eigenvalue weighted by molar-refractivity contribution is -0.115.